The van der Waals surface area contributed by atoms with Gasteiger partial charge in [0.1, 0.15) is 18.5 Å². The summed E-state index contributed by atoms with van der Waals surface area (Å²) in [5.41, 5.74) is 3.82. The number of rotatable bonds is 6. The minimum Gasteiger partial charge on any atom is -0.493 e. The number of nitrogens with one attached hydrogen (secondary N) is 1. The van der Waals surface area contributed by atoms with Crippen LogP contribution in [0.2, 0.25) is 5.02 Å². The van der Waals surface area contributed by atoms with Gasteiger partial charge in [-0.05, 0) is 42.0 Å². The van der Waals surface area contributed by atoms with Crippen LogP contribution in [0.3, 0.4) is 0 Å². The number of aromatic nitrogens is 2. The van der Waals surface area contributed by atoms with Crippen molar-refractivity contribution >= 4 is 34.3 Å². The molecule has 0 bridgehead atoms. The summed E-state index contributed by atoms with van der Waals surface area (Å²) in [6.07, 6.45) is 1.76. The Labute approximate surface area is 179 Å². The average molecular weight is 416 g/mol. The van der Waals surface area contributed by atoms with Gasteiger partial charge in [-0.1, -0.05) is 48.0 Å². The van der Waals surface area contributed by atoms with E-state index >= 15 is 0 Å². The van der Waals surface area contributed by atoms with Crippen LogP contribution < -0.4 is 9.47 Å². The maximum atomic E-state index is 9.64. The van der Waals surface area contributed by atoms with Crippen LogP contribution in [0.4, 0.5) is 0 Å². The minimum absolute atomic E-state index is 0.327. The van der Waals surface area contributed by atoms with E-state index in [2.05, 4.69) is 16.0 Å². The highest BCUT2D eigenvalue weighted by atomic mass is 35.5. The first-order valence-electron chi connectivity index (χ1n) is 9.29. The lowest BCUT2D eigenvalue weighted by molar-refractivity contribution is 0.284. The van der Waals surface area contributed by atoms with Gasteiger partial charge in [0.05, 0.1) is 23.7 Å². The van der Waals surface area contributed by atoms with E-state index in [9.17, 15) is 5.26 Å². The van der Waals surface area contributed by atoms with Crippen molar-refractivity contribution in [2.45, 2.75) is 6.61 Å². The van der Waals surface area contributed by atoms with Gasteiger partial charge in [0.2, 0.25) is 0 Å². The number of nitrogens with zero attached hydrogens (tertiary/aromatic N) is 2. The molecule has 0 aliphatic heterocycles. The van der Waals surface area contributed by atoms with Crippen molar-refractivity contribution in [1.82, 2.24) is 9.97 Å². The largest absolute Gasteiger partial charge is 0.493 e. The van der Waals surface area contributed by atoms with Crippen molar-refractivity contribution in [3.63, 3.8) is 0 Å². The molecule has 5 nitrogen and oxygen atoms in total. The molecule has 0 aliphatic rings. The number of nitriles is 1. The first-order chi connectivity index (χ1) is 14.7. The van der Waals surface area contributed by atoms with Gasteiger partial charge in [0, 0.05) is 10.6 Å². The highest BCUT2D eigenvalue weighted by molar-refractivity contribution is 6.31. The Kier molecular flexibility index (Phi) is 5.69. The molecular weight excluding hydrogens is 398 g/mol. The lowest BCUT2D eigenvalue weighted by Crippen LogP contribution is -1.98. The second-order valence-corrected chi connectivity index (χ2v) is 6.97. The fraction of sp³-hybridized carbons (Fsp3) is 0.0833. The normalized spacial score (nSPS) is 11.3. The predicted molar refractivity (Wildman–Crippen MR) is 118 cm³/mol. The summed E-state index contributed by atoms with van der Waals surface area (Å²) in [6.45, 7) is 0.327. The minimum atomic E-state index is 0.327. The SMILES string of the molecule is COc1cc(/C=C(/C#N)c2nc3ccccc3[nH]2)ccc1OCc1ccccc1Cl. The Morgan fingerprint density at radius 2 is 1.90 bits per heavy atom. The lowest BCUT2D eigenvalue weighted by atomic mass is 10.1. The predicted octanol–water partition coefficient (Wildman–Crippen LogP) is 5.87. The van der Waals surface area contributed by atoms with Crippen molar-refractivity contribution < 1.29 is 9.47 Å². The number of hydrogen-bond donors (Lipinski definition) is 1. The first kappa shape index (κ1) is 19.6. The monoisotopic (exact) mass is 415 g/mol. The number of aromatic amines is 1. The number of imidazole rings is 1. The van der Waals surface area contributed by atoms with Crippen LogP contribution in [0, 0.1) is 11.3 Å². The molecule has 0 unspecified atom stereocenters. The van der Waals surface area contributed by atoms with Gasteiger partial charge in [0.15, 0.2) is 11.5 Å². The second kappa shape index (κ2) is 8.73. The zero-order valence-electron chi connectivity index (χ0n) is 16.2. The number of benzene rings is 3. The van der Waals surface area contributed by atoms with Crippen LogP contribution in [-0.4, -0.2) is 17.1 Å². The quantitative estimate of drug-likeness (QED) is 0.400. The summed E-state index contributed by atoms with van der Waals surface area (Å²) in [6, 6.07) is 22.9. The molecule has 0 spiro atoms. The van der Waals surface area contributed by atoms with Crippen LogP contribution in [0.5, 0.6) is 11.5 Å². The molecule has 0 saturated carbocycles. The maximum Gasteiger partial charge on any atom is 0.161 e. The molecule has 3 aromatic carbocycles. The van der Waals surface area contributed by atoms with Crippen molar-refractivity contribution in [3.05, 3.63) is 88.7 Å². The van der Waals surface area contributed by atoms with E-state index in [1.165, 1.54) is 0 Å². The Balaban J connectivity index is 1.59. The number of para-hydroxylation sites is 2. The molecular formula is C24H18ClN3O2. The molecule has 30 heavy (non-hydrogen) atoms. The summed E-state index contributed by atoms with van der Waals surface area (Å²) in [4.78, 5) is 7.68. The Morgan fingerprint density at radius 1 is 1.10 bits per heavy atom. The lowest BCUT2D eigenvalue weighted by Gasteiger charge is -2.12. The van der Waals surface area contributed by atoms with E-state index in [0.717, 1.165) is 22.2 Å². The topological polar surface area (TPSA) is 70.9 Å². The van der Waals surface area contributed by atoms with Gasteiger partial charge in [0.25, 0.3) is 0 Å². The molecule has 0 saturated heterocycles. The second-order valence-electron chi connectivity index (χ2n) is 6.56. The number of hydrogen-bond acceptors (Lipinski definition) is 4. The molecule has 0 amide bonds. The third-order valence-electron chi connectivity index (χ3n) is 4.60. The van der Waals surface area contributed by atoms with Crippen LogP contribution in [0.25, 0.3) is 22.7 Å². The van der Waals surface area contributed by atoms with Crippen LogP contribution in [0.15, 0.2) is 66.7 Å². The summed E-state index contributed by atoms with van der Waals surface area (Å²) < 4.78 is 11.4. The molecule has 0 atom stereocenters. The van der Waals surface area contributed by atoms with E-state index in [1.54, 1.807) is 13.2 Å². The fourth-order valence-electron chi connectivity index (χ4n) is 3.06. The standard InChI is InChI=1S/C24H18ClN3O2/c1-29-23-13-16(10-11-22(23)30-15-17-6-2-3-7-19(17)25)12-18(14-26)24-27-20-8-4-5-9-21(20)28-24/h2-13H,15H2,1H3,(H,27,28)/b18-12-. The molecule has 4 aromatic rings. The summed E-state index contributed by atoms with van der Waals surface area (Å²) in [5.74, 6) is 1.69. The van der Waals surface area contributed by atoms with E-state index in [4.69, 9.17) is 21.1 Å². The van der Waals surface area contributed by atoms with Crippen molar-refractivity contribution in [3.8, 4) is 17.6 Å². The number of fused-ring (bicyclic) bond motifs is 1. The third-order valence-corrected chi connectivity index (χ3v) is 4.97. The number of methoxy groups -OCH3 is 1. The summed E-state index contributed by atoms with van der Waals surface area (Å²) >= 11 is 6.19. The number of halogens is 1. The molecule has 4 rings (SSSR count). The van der Waals surface area contributed by atoms with Crippen molar-refractivity contribution in [1.29, 1.82) is 5.26 Å². The highest BCUT2D eigenvalue weighted by Crippen LogP contribution is 2.31. The maximum absolute atomic E-state index is 9.64. The van der Waals surface area contributed by atoms with E-state index in [1.807, 2.05) is 66.7 Å². The van der Waals surface area contributed by atoms with E-state index < -0.39 is 0 Å². The molecule has 0 fully saturated rings. The number of ether oxygens (including phenoxy) is 2. The van der Waals surface area contributed by atoms with Gasteiger partial charge in [-0.15, -0.1) is 0 Å². The highest BCUT2D eigenvalue weighted by Gasteiger charge is 2.10. The fourth-order valence-corrected chi connectivity index (χ4v) is 3.26. The molecule has 1 aromatic heterocycles. The van der Waals surface area contributed by atoms with Gasteiger partial charge in [-0.3, -0.25) is 0 Å². The summed E-state index contributed by atoms with van der Waals surface area (Å²) in [7, 11) is 1.58. The molecule has 148 valence electrons. The van der Waals surface area contributed by atoms with E-state index in [-0.39, 0.29) is 0 Å². The van der Waals surface area contributed by atoms with Crippen LogP contribution in [-0.2, 0) is 6.61 Å². The molecule has 1 heterocycles. The smallest absolute Gasteiger partial charge is 0.161 e. The molecule has 0 radical (unpaired) electrons. The van der Waals surface area contributed by atoms with Crippen LogP contribution >= 0.6 is 11.6 Å². The van der Waals surface area contributed by atoms with Crippen molar-refractivity contribution in [2.75, 3.05) is 7.11 Å². The Morgan fingerprint density at radius 3 is 2.67 bits per heavy atom. The average Bonchev–Trinajstić information content (AvgIpc) is 3.21. The van der Waals surface area contributed by atoms with Crippen LogP contribution in [0.1, 0.15) is 17.0 Å². The van der Waals surface area contributed by atoms with Crippen molar-refractivity contribution in [2.24, 2.45) is 0 Å². The molecule has 0 aliphatic carbocycles. The Bertz CT molecular complexity index is 1240. The Hall–Kier alpha value is -3.75. The molecule has 6 heteroatoms. The third kappa shape index (κ3) is 4.14. The zero-order valence-corrected chi connectivity index (χ0v) is 17.0. The van der Waals surface area contributed by atoms with Gasteiger partial charge >= 0.3 is 0 Å². The van der Waals surface area contributed by atoms with Gasteiger partial charge in [-0.25, -0.2) is 4.98 Å². The number of H-pyrrole nitrogens is 1. The van der Waals surface area contributed by atoms with Gasteiger partial charge < -0.3 is 14.5 Å². The summed E-state index contributed by atoms with van der Waals surface area (Å²) in [5, 5.41) is 10.3. The number of allylic oxidation sites excluding steroid dienone is 1. The van der Waals surface area contributed by atoms with Gasteiger partial charge in [-0.2, -0.15) is 5.26 Å². The molecule has 1 N–H and O–H groups in total. The zero-order chi connectivity index (χ0) is 20.9. The first-order valence-corrected chi connectivity index (χ1v) is 9.67. The van der Waals surface area contributed by atoms with E-state index in [0.29, 0.717) is 34.5 Å².